The van der Waals surface area contributed by atoms with Gasteiger partial charge >= 0.3 is 0 Å². The summed E-state index contributed by atoms with van der Waals surface area (Å²) in [6, 6.07) is 0.592. The molecule has 0 aromatic carbocycles. The largest absolute Gasteiger partial charge is 0.493 e. The van der Waals surface area contributed by atoms with Gasteiger partial charge in [-0.25, -0.2) is 0 Å². The van der Waals surface area contributed by atoms with Crippen molar-refractivity contribution in [3.8, 4) is 5.75 Å². The van der Waals surface area contributed by atoms with Crippen LogP contribution >= 0.6 is 0 Å². The van der Waals surface area contributed by atoms with Crippen LogP contribution < -0.4 is 10.1 Å². The van der Waals surface area contributed by atoms with Crippen LogP contribution in [-0.2, 0) is 13.0 Å². The van der Waals surface area contributed by atoms with Crippen LogP contribution in [0.15, 0.2) is 6.20 Å². The first-order valence-electron chi connectivity index (χ1n) is 7.58. The zero-order chi connectivity index (χ0) is 14.1. The molecule has 4 nitrogen and oxygen atoms in total. The minimum atomic E-state index is 0.592. The third kappa shape index (κ3) is 4.86. The fourth-order valence-corrected chi connectivity index (χ4v) is 2.33. The molecule has 0 aliphatic rings. The lowest BCUT2D eigenvalue weighted by atomic mass is 10.1. The van der Waals surface area contributed by atoms with E-state index in [2.05, 4.69) is 35.9 Å². The van der Waals surface area contributed by atoms with E-state index in [0.717, 1.165) is 38.1 Å². The summed E-state index contributed by atoms with van der Waals surface area (Å²) in [4.78, 5) is 0. The van der Waals surface area contributed by atoms with E-state index in [1.54, 1.807) is 7.11 Å². The molecule has 110 valence electrons. The number of nitrogens with one attached hydrogen (secondary N) is 1. The smallest absolute Gasteiger partial charge is 0.159 e. The van der Waals surface area contributed by atoms with Gasteiger partial charge in [0, 0.05) is 12.6 Å². The van der Waals surface area contributed by atoms with Gasteiger partial charge in [0.05, 0.1) is 19.0 Å². The van der Waals surface area contributed by atoms with E-state index < -0.39 is 0 Å². The molecule has 0 bridgehead atoms. The summed E-state index contributed by atoms with van der Waals surface area (Å²) in [5.41, 5.74) is 1.24. The van der Waals surface area contributed by atoms with Gasteiger partial charge in [0.15, 0.2) is 5.75 Å². The molecule has 1 aromatic heterocycles. The summed E-state index contributed by atoms with van der Waals surface area (Å²) in [6.45, 7) is 8.70. The van der Waals surface area contributed by atoms with Gasteiger partial charge in [-0.3, -0.25) is 4.68 Å². The van der Waals surface area contributed by atoms with E-state index in [1.165, 1.54) is 18.5 Å². The Kier molecular flexibility index (Phi) is 7.56. The summed E-state index contributed by atoms with van der Waals surface area (Å²) in [5.74, 6) is 0.929. The summed E-state index contributed by atoms with van der Waals surface area (Å²) in [7, 11) is 1.73. The molecule has 1 aromatic rings. The zero-order valence-corrected chi connectivity index (χ0v) is 12.9. The van der Waals surface area contributed by atoms with Crippen molar-refractivity contribution in [2.24, 2.45) is 0 Å². The lowest BCUT2D eigenvalue weighted by molar-refractivity contribution is 0.400. The Bertz CT molecular complexity index is 349. The normalized spacial score (nSPS) is 12.6. The van der Waals surface area contributed by atoms with Gasteiger partial charge in [0.1, 0.15) is 0 Å². The maximum Gasteiger partial charge on any atom is 0.159 e. The molecule has 0 saturated carbocycles. The Labute approximate surface area is 117 Å². The van der Waals surface area contributed by atoms with Crippen LogP contribution in [0.5, 0.6) is 5.75 Å². The molecule has 1 atom stereocenters. The third-order valence-corrected chi connectivity index (χ3v) is 3.47. The van der Waals surface area contributed by atoms with Crippen LogP contribution in [-0.4, -0.2) is 29.5 Å². The lowest BCUT2D eigenvalue weighted by Gasteiger charge is -2.17. The fourth-order valence-electron chi connectivity index (χ4n) is 2.33. The van der Waals surface area contributed by atoms with Gasteiger partial charge in [0.2, 0.25) is 0 Å². The number of nitrogens with zero attached hydrogens (tertiary/aromatic N) is 2. The van der Waals surface area contributed by atoms with Gasteiger partial charge in [-0.1, -0.05) is 20.8 Å². The highest BCUT2D eigenvalue weighted by molar-refractivity contribution is 5.25. The van der Waals surface area contributed by atoms with E-state index in [9.17, 15) is 0 Å². The average molecular weight is 267 g/mol. The Hall–Kier alpha value is -1.03. The van der Waals surface area contributed by atoms with Crippen molar-refractivity contribution in [3.63, 3.8) is 0 Å². The quantitative estimate of drug-likeness (QED) is 0.708. The van der Waals surface area contributed by atoms with Crippen molar-refractivity contribution in [3.05, 3.63) is 11.9 Å². The van der Waals surface area contributed by atoms with Crippen molar-refractivity contribution >= 4 is 0 Å². The molecule has 0 amide bonds. The van der Waals surface area contributed by atoms with E-state index in [0.29, 0.717) is 6.04 Å². The molecular formula is C15H29N3O. The molecule has 4 heteroatoms. The summed E-state index contributed by atoms with van der Waals surface area (Å²) in [6.07, 6.45) is 7.47. The van der Waals surface area contributed by atoms with Crippen molar-refractivity contribution in [2.45, 2.75) is 65.5 Å². The van der Waals surface area contributed by atoms with E-state index in [4.69, 9.17) is 4.74 Å². The number of aromatic nitrogens is 2. The minimum Gasteiger partial charge on any atom is -0.493 e. The molecule has 0 aliphatic heterocycles. The maximum atomic E-state index is 5.42. The van der Waals surface area contributed by atoms with Crippen LogP contribution in [0.2, 0.25) is 0 Å². The molecule has 19 heavy (non-hydrogen) atoms. The van der Waals surface area contributed by atoms with E-state index >= 15 is 0 Å². The summed E-state index contributed by atoms with van der Waals surface area (Å²) < 4.78 is 7.50. The predicted octanol–water partition coefficient (Wildman–Crippen LogP) is 3.01. The summed E-state index contributed by atoms with van der Waals surface area (Å²) >= 11 is 0. The molecule has 0 spiro atoms. The second-order valence-corrected chi connectivity index (χ2v) is 4.98. The second-order valence-electron chi connectivity index (χ2n) is 4.98. The van der Waals surface area contributed by atoms with Gasteiger partial charge < -0.3 is 10.1 Å². The fraction of sp³-hybridized carbons (Fsp3) is 0.800. The van der Waals surface area contributed by atoms with Crippen LogP contribution in [0.25, 0.3) is 0 Å². The number of ether oxygens (including phenoxy) is 1. The number of hydrogen-bond acceptors (Lipinski definition) is 3. The first kappa shape index (κ1) is 16.0. The standard InChI is InChI=1S/C15H29N3O/c1-5-10-16-13(7-3)8-9-14-15(19-4)12-17-18(14)11-6-2/h12-13,16H,5-11H2,1-4H3. The lowest BCUT2D eigenvalue weighted by Crippen LogP contribution is -2.29. The monoisotopic (exact) mass is 267 g/mol. The van der Waals surface area contributed by atoms with Crippen molar-refractivity contribution in [1.29, 1.82) is 0 Å². The molecule has 1 heterocycles. The Morgan fingerprint density at radius 1 is 1.32 bits per heavy atom. The van der Waals surface area contributed by atoms with Crippen LogP contribution in [0.1, 0.15) is 52.1 Å². The highest BCUT2D eigenvalue weighted by Crippen LogP contribution is 2.20. The van der Waals surface area contributed by atoms with Crippen molar-refractivity contribution in [2.75, 3.05) is 13.7 Å². The molecule has 1 rings (SSSR count). The Morgan fingerprint density at radius 3 is 2.68 bits per heavy atom. The Morgan fingerprint density at radius 2 is 2.11 bits per heavy atom. The van der Waals surface area contributed by atoms with Crippen LogP contribution in [0.4, 0.5) is 0 Å². The number of hydrogen-bond donors (Lipinski definition) is 1. The van der Waals surface area contributed by atoms with Gasteiger partial charge in [-0.05, 0) is 38.6 Å². The Balaban J connectivity index is 2.61. The third-order valence-electron chi connectivity index (χ3n) is 3.47. The molecule has 0 aliphatic carbocycles. The zero-order valence-electron chi connectivity index (χ0n) is 12.9. The number of aryl methyl sites for hydroxylation is 1. The van der Waals surface area contributed by atoms with E-state index in [-0.39, 0.29) is 0 Å². The van der Waals surface area contributed by atoms with Gasteiger partial charge in [-0.15, -0.1) is 0 Å². The molecule has 0 saturated heterocycles. The number of methoxy groups -OCH3 is 1. The van der Waals surface area contributed by atoms with E-state index in [1.807, 2.05) is 6.20 Å². The predicted molar refractivity (Wildman–Crippen MR) is 79.8 cm³/mol. The van der Waals surface area contributed by atoms with Crippen molar-refractivity contribution < 1.29 is 4.74 Å². The molecule has 0 radical (unpaired) electrons. The van der Waals surface area contributed by atoms with Gasteiger partial charge in [0.25, 0.3) is 0 Å². The molecule has 0 fully saturated rings. The average Bonchev–Trinajstić information content (AvgIpc) is 2.82. The van der Waals surface area contributed by atoms with Crippen molar-refractivity contribution in [1.82, 2.24) is 15.1 Å². The highest BCUT2D eigenvalue weighted by atomic mass is 16.5. The maximum absolute atomic E-state index is 5.42. The molecule has 1 N–H and O–H groups in total. The first-order chi connectivity index (χ1) is 9.26. The SMILES string of the molecule is CCCNC(CC)CCc1c(OC)cnn1CCC. The number of rotatable bonds is 10. The molecule has 1 unspecified atom stereocenters. The van der Waals surface area contributed by atoms with Gasteiger partial charge in [-0.2, -0.15) is 5.10 Å². The first-order valence-corrected chi connectivity index (χ1v) is 7.58. The second kappa shape index (κ2) is 8.97. The highest BCUT2D eigenvalue weighted by Gasteiger charge is 2.13. The molecular weight excluding hydrogens is 238 g/mol. The van der Waals surface area contributed by atoms with Crippen LogP contribution in [0.3, 0.4) is 0 Å². The van der Waals surface area contributed by atoms with Crippen LogP contribution in [0, 0.1) is 0 Å². The minimum absolute atomic E-state index is 0.592. The summed E-state index contributed by atoms with van der Waals surface area (Å²) in [5, 5.41) is 8.01. The topological polar surface area (TPSA) is 39.1 Å².